The zero-order valence-corrected chi connectivity index (χ0v) is 10.2. The van der Waals surface area contributed by atoms with Crippen molar-refractivity contribution < 1.29 is 9.63 Å². The van der Waals surface area contributed by atoms with Gasteiger partial charge in [0.05, 0.1) is 6.61 Å². The van der Waals surface area contributed by atoms with Crippen LogP contribution in [0.2, 0.25) is 0 Å². The van der Waals surface area contributed by atoms with Gasteiger partial charge in [0.1, 0.15) is 0 Å². The molecule has 3 N–H and O–H groups in total. The number of nitrogens with one attached hydrogen (secondary N) is 1. The number of hydrogen-bond donors (Lipinski definition) is 2. The molecule has 0 aromatic carbocycles. The number of nitrogens with two attached hydrogens (primary N) is 1. The third kappa shape index (κ3) is 6.47. The van der Waals surface area contributed by atoms with Gasteiger partial charge in [-0.3, -0.25) is 4.79 Å². The van der Waals surface area contributed by atoms with E-state index in [-0.39, 0.29) is 11.8 Å². The number of hydrogen-bond acceptors (Lipinski definition) is 3. The maximum Gasteiger partial charge on any atom is 0.223 e. The maximum absolute atomic E-state index is 11.8. The second-order valence-electron chi connectivity index (χ2n) is 4.64. The smallest absolute Gasteiger partial charge is 0.223 e. The average Bonchev–Trinajstić information content (AvgIpc) is 2.13. The van der Waals surface area contributed by atoms with Gasteiger partial charge in [-0.15, -0.1) is 0 Å². The summed E-state index contributed by atoms with van der Waals surface area (Å²) in [5, 5.41) is 2.83. The summed E-state index contributed by atoms with van der Waals surface area (Å²) in [6, 6.07) is 0. The third-order valence-electron chi connectivity index (χ3n) is 2.39. The van der Waals surface area contributed by atoms with E-state index in [0.717, 1.165) is 6.42 Å². The van der Waals surface area contributed by atoms with Crippen LogP contribution >= 0.6 is 0 Å². The van der Waals surface area contributed by atoms with Gasteiger partial charge in [0.15, 0.2) is 0 Å². The molecule has 0 fully saturated rings. The summed E-state index contributed by atoms with van der Waals surface area (Å²) in [5.41, 5.74) is 0. The van der Waals surface area contributed by atoms with Crippen LogP contribution in [0, 0.1) is 17.8 Å². The van der Waals surface area contributed by atoms with Crippen molar-refractivity contribution in [2.45, 2.75) is 34.1 Å². The molecule has 0 saturated heterocycles. The van der Waals surface area contributed by atoms with E-state index in [9.17, 15) is 4.79 Å². The Kier molecular flexibility index (Phi) is 7.34. The number of rotatable bonds is 7. The van der Waals surface area contributed by atoms with Gasteiger partial charge in [-0.2, -0.15) is 0 Å². The van der Waals surface area contributed by atoms with E-state index in [4.69, 9.17) is 5.90 Å². The Morgan fingerprint density at radius 2 is 1.93 bits per heavy atom. The van der Waals surface area contributed by atoms with Crippen molar-refractivity contribution >= 4 is 5.91 Å². The van der Waals surface area contributed by atoms with Crippen LogP contribution in [0.3, 0.4) is 0 Å². The third-order valence-corrected chi connectivity index (χ3v) is 2.39. The minimum absolute atomic E-state index is 0.0859. The van der Waals surface area contributed by atoms with Crippen LogP contribution in [0.4, 0.5) is 0 Å². The molecule has 0 aliphatic rings. The van der Waals surface area contributed by atoms with Gasteiger partial charge in [-0.25, -0.2) is 5.90 Å². The lowest BCUT2D eigenvalue weighted by atomic mass is 9.87. The highest BCUT2D eigenvalue weighted by atomic mass is 16.6. The van der Waals surface area contributed by atoms with Crippen molar-refractivity contribution in [3.8, 4) is 0 Å². The van der Waals surface area contributed by atoms with Gasteiger partial charge >= 0.3 is 0 Å². The van der Waals surface area contributed by atoms with Crippen molar-refractivity contribution in [1.29, 1.82) is 0 Å². The predicted molar refractivity (Wildman–Crippen MR) is 60.9 cm³/mol. The average molecular weight is 216 g/mol. The molecular weight excluding hydrogens is 192 g/mol. The van der Waals surface area contributed by atoms with E-state index in [1.165, 1.54) is 0 Å². The summed E-state index contributed by atoms with van der Waals surface area (Å²) in [6.45, 7) is 9.25. The fraction of sp³-hybridized carbons (Fsp3) is 0.909. The van der Waals surface area contributed by atoms with Gasteiger partial charge < -0.3 is 10.2 Å². The van der Waals surface area contributed by atoms with Crippen LogP contribution in [-0.4, -0.2) is 19.1 Å². The standard InChI is InChI=1S/C11H24N2O2/c1-8(2)7-10(9(3)4)11(14)13-5-6-15-12/h8-10H,5-7,12H2,1-4H3,(H,13,14). The number of carbonyl (C=O) groups is 1. The first-order chi connectivity index (χ1) is 6.99. The molecule has 4 heteroatoms. The van der Waals surface area contributed by atoms with Crippen LogP contribution in [0.15, 0.2) is 0 Å². The van der Waals surface area contributed by atoms with Crippen molar-refractivity contribution in [1.82, 2.24) is 5.32 Å². The number of amides is 1. The zero-order chi connectivity index (χ0) is 11.8. The molecule has 0 saturated carbocycles. The highest BCUT2D eigenvalue weighted by Gasteiger charge is 2.22. The minimum atomic E-state index is 0.0859. The summed E-state index contributed by atoms with van der Waals surface area (Å²) in [6.07, 6.45) is 0.924. The Labute approximate surface area is 92.5 Å². The summed E-state index contributed by atoms with van der Waals surface area (Å²) < 4.78 is 0. The van der Waals surface area contributed by atoms with E-state index >= 15 is 0 Å². The van der Waals surface area contributed by atoms with E-state index < -0.39 is 0 Å². The lowest BCUT2D eigenvalue weighted by molar-refractivity contribution is -0.127. The molecule has 90 valence electrons. The predicted octanol–water partition coefficient (Wildman–Crippen LogP) is 1.31. The van der Waals surface area contributed by atoms with Gasteiger partial charge in [0.2, 0.25) is 5.91 Å². The van der Waals surface area contributed by atoms with Crippen LogP contribution in [0.25, 0.3) is 0 Å². The molecule has 0 aromatic rings. The Hall–Kier alpha value is -0.610. The molecule has 0 spiro atoms. The maximum atomic E-state index is 11.8. The second-order valence-corrected chi connectivity index (χ2v) is 4.64. The van der Waals surface area contributed by atoms with Crippen LogP contribution in [-0.2, 0) is 9.63 Å². The molecule has 0 bridgehead atoms. The normalized spacial score (nSPS) is 13.3. The van der Waals surface area contributed by atoms with Crippen LogP contribution < -0.4 is 11.2 Å². The molecule has 0 rings (SSSR count). The first-order valence-corrected chi connectivity index (χ1v) is 5.58. The van der Waals surface area contributed by atoms with Crippen LogP contribution in [0.5, 0.6) is 0 Å². The Morgan fingerprint density at radius 3 is 2.33 bits per heavy atom. The molecule has 0 aliphatic heterocycles. The van der Waals surface area contributed by atoms with Crippen LogP contribution in [0.1, 0.15) is 34.1 Å². The highest BCUT2D eigenvalue weighted by molar-refractivity contribution is 5.78. The highest BCUT2D eigenvalue weighted by Crippen LogP contribution is 2.20. The first-order valence-electron chi connectivity index (χ1n) is 5.58. The van der Waals surface area contributed by atoms with Gasteiger partial charge in [0.25, 0.3) is 0 Å². The van der Waals surface area contributed by atoms with Crippen molar-refractivity contribution in [3.63, 3.8) is 0 Å². The molecule has 15 heavy (non-hydrogen) atoms. The fourth-order valence-corrected chi connectivity index (χ4v) is 1.55. The SMILES string of the molecule is CC(C)CC(C(=O)NCCON)C(C)C. The summed E-state index contributed by atoms with van der Waals surface area (Å²) in [7, 11) is 0. The minimum Gasteiger partial charge on any atom is -0.353 e. The molecule has 0 aromatic heterocycles. The molecular formula is C11H24N2O2. The molecule has 1 atom stereocenters. The Bertz CT molecular complexity index is 181. The lowest BCUT2D eigenvalue weighted by Crippen LogP contribution is -2.36. The lowest BCUT2D eigenvalue weighted by Gasteiger charge is -2.21. The van der Waals surface area contributed by atoms with Crippen molar-refractivity contribution in [3.05, 3.63) is 0 Å². The van der Waals surface area contributed by atoms with Gasteiger partial charge in [-0.05, 0) is 18.3 Å². The molecule has 1 unspecified atom stereocenters. The van der Waals surface area contributed by atoms with Crippen molar-refractivity contribution in [2.24, 2.45) is 23.7 Å². The van der Waals surface area contributed by atoms with E-state index in [2.05, 4.69) is 37.8 Å². The van der Waals surface area contributed by atoms with E-state index in [0.29, 0.717) is 25.0 Å². The van der Waals surface area contributed by atoms with E-state index in [1.54, 1.807) is 0 Å². The topological polar surface area (TPSA) is 64.3 Å². The molecule has 1 amide bonds. The quantitative estimate of drug-likeness (QED) is 0.498. The monoisotopic (exact) mass is 216 g/mol. The summed E-state index contributed by atoms with van der Waals surface area (Å²) in [4.78, 5) is 16.2. The number of carbonyl (C=O) groups excluding carboxylic acids is 1. The van der Waals surface area contributed by atoms with Gasteiger partial charge in [0, 0.05) is 12.5 Å². The molecule has 0 heterocycles. The Morgan fingerprint density at radius 1 is 1.33 bits per heavy atom. The molecule has 0 radical (unpaired) electrons. The largest absolute Gasteiger partial charge is 0.353 e. The molecule has 0 aliphatic carbocycles. The second kappa shape index (κ2) is 7.65. The van der Waals surface area contributed by atoms with Gasteiger partial charge in [-0.1, -0.05) is 27.7 Å². The summed E-state index contributed by atoms with van der Waals surface area (Å²) in [5.74, 6) is 5.98. The zero-order valence-electron chi connectivity index (χ0n) is 10.2. The van der Waals surface area contributed by atoms with Crippen molar-refractivity contribution in [2.75, 3.05) is 13.2 Å². The molecule has 4 nitrogen and oxygen atoms in total. The fourth-order valence-electron chi connectivity index (χ4n) is 1.55. The Balaban J connectivity index is 4.05. The first kappa shape index (κ1) is 14.4. The summed E-state index contributed by atoms with van der Waals surface area (Å²) >= 11 is 0. The van der Waals surface area contributed by atoms with E-state index in [1.807, 2.05) is 0 Å².